The fourth-order valence-electron chi connectivity index (χ4n) is 4.04. The van der Waals surface area contributed by atoms with E-state index >= 15 is 0 Å². The first-order chi connectivity index (χ1) is 12.8. The van der Waals surface area contributed by atoms with Crippen molar-refractivity contribution in [1.82, 2.24) is 19.3 Å². The standard InChI is InChI=1S/C20H20N4OS/c25-18(11-14-12-21-16-6-2-1-5-15(14)16)24-8-4-3-7-17(24)19-20-23(13-22-19)9-10-26-20/h1-2,5-6,9-10,12-13,17,21H,3-4,7-8,11H2. The molecule has 1 aliphatic heterocycles. The zero-order valence-electron chi connectivity index (χ0n) is 14.4. The smallest absolute Gasteiger partial charge is 0.227 e. The monoisotopic (exact) mass is 364 g/mol. The number of thiazole rings is 1. The maximum absolute atomic E-state index is 13.2. The minimum Gasteiger partial charge on any atom is -0.361 e. The summed E-state index contributed by atoms with van der Waals surface area (Å²) in [6, 6.07) is 8.24. The predicted octanol–water partition coefficient (Wildman–Crippen LogP) is 4.17. The third-order valence-electron chi connectivity index (χ3n) is 5.33. The molecular formula is C20H20N4OS. The average Bonchev–Trinajstić information content (AvgIpc) is 3.38. The van der Waals surface area contributed by atoms with Gasteiger partial charge in [-0.2, -0.15) is 0 Å². The fraction of sp³-hybridized carbons (Fsp3) is 0.300. The summed E-state index contributed by atoms with van der Waals surface area (Å²) in [7, 11) is 0. The molecule has 1 amide bonds. The topological polar surface area (TPSA) is 53.4 Å². The first-order valence-corrected chi connectivity index (χ1v) is 9.94. The van der Waals surface area contributed by atoms with Crippen LogP contribution >= 0.6 is 11.3 Å². The fourth-order valence-corrected chi connectivity index (χ4v) is 4.90. The van der Waals surface area contributed by atoms with Crippen molar-refractivity contribution in [2.24, 2.45) is 0 Å². The molecule has 1 fully saturated rings. The minimum atomic E-state index is 0.0881. The van der Waals surface area contributed by atoms with Crippen LogP contribution in [-0.4, -0.2) is 31.7 Å². The molecule has 4 heterocycles. The Morgan fingerprint density at radius 3 is 3.19 bits per heavy atom. The number of H-pyrrole nitrogens is 1. The number of aromatic nitrogens is 3. The summed E-state index contributed by atoms with van der Waals surface area (Å²) in [4.78, 5) is 24.3. The lowest BCUT2D eigenvalue weighted by Gasteiger charge is -2.35. The number of hydrogen-bond acceptors (Lipinski definition) is 3. The molecule has 132 valence electrons. The molecule has 0 saturated carbocycles. The third-order valence-corrected chi connectivity index (χ3v) is 6.23. The van der Waals surface area contributed by atoms with Crippen LogP contribution in [0.5, 0.6) is 0 Å². The first kappa shape index (κ1) is 15.6. The molecule has 0 aliphatic carbocycles. The average molecular weight is 364 g/mol. The molecule has 0 bridgehead atoms. The molecular weight excluding hydrogens is 344 g/mol. The highest BCUT2D eigenvalue weighted by atomic mass is 32.1. The molecule has 1 atom stereocenters. The summed E-state index contributed by atoms with van der Waals surface area (Å²) in [6.07, 6.45) is 9.49. The van der Waals surface area contributed by atoms with Crippen molar-refractivity contribution >= 4 is 33.0 Å². The van der Waals surface area contributed by atoms with Crippen molar-refractivity contribution in [2.75, 3.05) is 6.54 Å². The van der Waals surface area contributed by atoms with E-state index < -0.39 is 0 Å². The molecule has 26 heavy (non-hydrogen) atoms. The van der Waals surface area contributed by atoms with Gasteiger partial charge in [0.25, 0.3) is 0 Å². The van der Waals surface area contributed by atoms with Crippen molar-refractivity contribution in [1.29, 1.82) is 0 Å². The summed E-state index contributed by atoms with van der Waals surface area (Å²) in [5.74, 6) is 0.192. The van der Waals surface area contributed by atoms with E-state index in [2.05, 4.69) is 25.8 Å². The summed E-state index contributed by atoms with van der Waals surface area (Å²) in [6.45, 7) is 0.816. The number of para-hydroxylation sites is 1. The van der Waals surface area contributed by atoms with E-state index in [1.807, 2.05) is 41.8 Å². The predicted molar refractivity (Wildman–Crippen MR) is 103 cm³/mol. The molecule has 1 aliphatic rings. The normalized spacial score (nSPS) is 18.0. The molecule has 1 saturated heterocycles. The van der Waals surface area contributed by atoms with Crippen molar-refractivity contribution in [3.05, 3.63) is 59.6 Å². The lowest BCUT2D eigenvalue weighted by Crippen LogP contribution is -2.39. The second kappa shape index (κ2) is 6.29. The van der Waals surface area contributed by atoms with Crippen LogP contribution in [0.2, 0.25) is 0 Å². The molecule has 4 aromatic rings. The van der Waals surface area contributed by atoms with Crippen molar-refractivity contribution < 1.29 is 4.79 Å². The molecule has 3 aromatic heterocycles. The first-order valence-electron chi connectivity index (χ1n) is 9.06. The number of hydrogen-bond donors (Lipinski definition) is 1. The lowest BCUT2D eigenvalue weighted by molar-refractivity contribution is -0.134. The molecule has 5 rings (SSSR count). The number of nitrogens with one attached hydrogen (secondary N) is 1. The van der Waals surface area contributed by atoms with E-state index in [4.69, 9.17) is 0 Å². The summed E-state index contributed by atoms with van der Waals surface area (Å²) in [5, 5.41) is 3.21. The van der Waals surface area contributed by atoms with Crippen LogP contribution in [0.4, 0.5) is 0 Å². The van der Waals surface area contributed by atoms with Gasteiger partial charge in [-0.25, -0.2) is 4.98 Å². The Bertz CT molecular complexity index is 1080. The number of carbonyl (C=O) groups is 1. The largest absolute Gasteiger partial charge is 0.361 e. The van der Waals surface area contributed by atoms with Crippen LogP contribution in [0.25, 0.3) is 15.7 Å². The van der Waals surface area contributed by atoms with Gasteiger partial charge in [0.05, 0.1) is 18.2 Å². The zero-order valence-corrected chi connectivity index (χ0v) is 15.2. The number of imidazole rings is 1. The van der Waals surface area contributed by atoms with Gasteiger partial charge in [0.2, 0.25) is 5.91 Å². The van der Waals surface area contributed by atoms with Crippen LogP contribution < -0.4 is 0 Å². The Morgan fingerprint density at radius 2 is 2.23 bits per heavy atom. The van der Waals surface area contributed by atoms with Crippen molar-refractivity contribution in [2.45, 2.75) is 31.7 Å². The van der Waals surface area contributed by atoms with Crippen LogP contribution in [-0.2, 0) is 11.2 Å². The van der Waals surface area contributed by atoms with Crippen LogP contribution in [0, 0.1) is 0 Å². The van der Waals surface area contributed by atoms with E-state index in [-0.39, 0.29) is 11.9 Å². The van der Waals surface area contributed by atoms with Gasteiger partial charge in [-0.1, -0.05) is 18.2 Å². The summed E-state index contributed by atoms with van der Waals surface area (Å²) < 4.78 is 2.05. The number of rotatable bonds is 3. The van der Waals surface area contributed by atoms with E-state index in [0.29, 0.717) is 6.42 Å². The van der Waals surface area contributed by atoms with E-state index in [0.717, 1.165) is 52.8 Å². The summed E-state index contributed by atoms with van der Waals surface area (Å²) in [5.41, 5.74) is 3.20. The minimum absolute atomic E-state index is 0.0881. The second-order valence-electron chi connectivity index (χ2n) is 6.88. The third kappa shape index (κ3) is 2.52. The number of nitrogens with zero attached hydrogens (tertiary/aromatic N) is 3. The highest BCUT2D eigenvalue weighted by molar-refractivity contribution is 7.15. The van der Waals surface area contributed by atoms with Crippen molar-refractivity contribution in [3.63, 3.8) is 0 Å². The molecule has 5 nitrogen and oxygen atoms in total. The zero-order chi connectivity index (χ0) is 17.5. The Kier molecular flexibility index (Phi) is 3.78. The maximum atomic E-state index is 13.2. The van der Waals surface area contributed by atoms with E-state index in [1.54, 1.807) is 11.3 Å². The van der Waals surface area contributed by atoms with Gasteiger partial charge in [-0.05, 0) is 30.9 Å². The molecule has 1 unspecified atom stereocenters. The van der Waals surface area contributed by atoms with Crippen LogP contribution in [0.3, 0.4) is 0 Å². The van der Waals surface area contributed by atoms with Gasteiger partial charge in [0.1, 0.15) is 11.2 Å². The molecule has 0 radical (unpaired) electrons. The Balaban J connectivity index is 1.45. The van der Waals surface area contributed by atoms with Gasteiger partial charge < -0.3 is 9.88 Å². The lowest BCUT2D eigenvalue weighted by atomic mass is 9.98. The molecule has 1 aromatic carbocycles. The molecule has 0 spiro atoms. The number of fused-ring (bicyclic) bond motifs is 2. The SMILES string of the molecule is O=C(Cc1c[nH]c2ccccc12)N1CCCCC1c1ncn2ccsc12. The number of likely N-dealkylation sites (tertiary alicyclic amines) is 1. The number of piperidine rings is 1. The second-order valence-corrected chi connectivity index (χ2v) is 7.77. The van der Waals surface area contributed by atoms with Gasteiger partial charge >= 0.3 is 0 Å². The Hall–Kier alpha value is -2.60. The molecule has 1 N–H and O–H groups in total. The van der Waals surface area contributed by atoms with Crippen molar-refractivity contribution in [3.8, 4) is 0 Å². The highest BCUT2D eigenvalue weighted by Crippen LogP contribution is 2.34. The maximum Gasteiger partial charge on any atom is 0.227 e. The van der Waals surface area contributed by atoms with Gasteiger partial charge in [0, 0.05) is 35.2 Å². The molecule has 6 heteroatoms. The quantitative estimate of drug-likeness (QED) is 0.593. The van der Waals surface area contributed by atoms with Crippen LogP contribution in [0.1, 0.15) is 36.6 Å². The van der Waals surface area contributed by atoms with Gasteiger partial charge in [-0.3, -0.25) is 9.20 Å². The highest BCUT2D eigenvalue weighted by Gasteiger charge is 2.31. The van der Waals surface area contributed by atoms with Gasteiger partial charge in [0.15, 0.2) is 0 Å². The number of benzene rings is 1. The van der Waals surface area contributed by atoms with E-state index in [9.17, 15) is 4.79 Å². The van der Waals surface area contributed by atoms with Crippen LogP contribution in [0.15, 0.2) is 48.4 Å². The Morgan fingerprint density at radius 1 is 1.31 bits per heavy atom. The number of carbonyl (C=O) groups excluding carboxylic acids is 1. The number of amides is 1. The van der Waals surface area contributed by atoms with Gasteiger partial charge in [-0.15, -0.1) is 11.3 Å². The Labute approximate surface area is 155 Å². The number of aromatic amines is 1. The van der Waals surface area contributed by atoms with E-state index in [1.165, 1.54) is 0 Å². The summed E-state index contributed by atoms with van der Waals surface area (Å²) >= 11 is 1.69.